The van der Waals surface area contributed by atoms with Crippen LogP contribution < -0.4 is 15.5 Å². The third-order valence-corrected chi connectivity index (χ3v) is 6.40. The van der Waals surface area contributed by atoms with E-state index in [0.29, 0.717) is 11.6 Å². The molecule has 0 aliphatic carbocycles. The second-order valence-corrected chi connectivity index (χ2v) is 8.94. The smallest absolute Gasteiger partial charge is 0.276 e. The molecule has 148 valence electrons. The first-order valence-electron chi connectivity index (χ1n) is 9.65. The number of carbonyl (C=O) groups is 1. The van der Waals surface area contributed by atoms with Crippen molar-refractivity contribution < 1.29 is 4.79 Å². The first-order valence-corrected chi connectivity index (χ1v) is 10.5. The minimum absolute atomic E-state index is 0.0339. The van der Waals surface area contributed by atoms with Crippen LogP contribution in [0.4, 0.5) is 5.69 Å². The topological polar surface area (TPSA) is 81.5 Å². The number of fused-ring (bicyclic) bond motifs is 2. The second-order valence-electron chi connectivity index (χ2n) is 7.84. The molecule has 0 radical (unpaired) electrons. The molecule has 0 bridgehead atoms. The molecule has 2 N–H and O–H groups in total. The van der Waals surface area contributed by atoms with Gasteiger partial charge >= 0.3 is 0 Å². The predicted molar refractivity (Wildman–Crippen MR) is 117 cm³/mol. The number of nitrogens with zero attached hydrogens (tertiary/aromatic N) is 4. The van der Waals surface area contributed by atoms with Crippen LogP contribution in [-0.2, 0) is 10.2 Å². The summed E-state index contributed by atoms with van der Waals surface area (Å²) < 4.78 is 0. The number of amidine groups is 1. The van der Waals surface area contributed by atoms with Crippen LogP contribution in [0.15, 0.2) is 39.2 Å². The van der Waals surface area contributed by atoms with Crippen molar-refractivity contribution >= 4 is 40.6 Å². The molecule has 1 amide bonds. The number of amides is 1. The van der Waals surface area contributed by atoms with Crippen molar-refractivity contribution in [1.82, 2.24) is 10.6 Å². The Morgan fingerprint density at radius 1 is 1.32 bits per heavy atom. The largest absolute Gasteiger partial charge is 0.350 e. The lowest BCUT2D eigenvalue weighted by atomic mass is 9.87. The monoisotopic (exact) mass is 398 g/mol. The molecule has 2 unspecified atom stereocenters. The van der Waals surface area contributed by atoms with Gasteiger partial charge in [-0.2, -0.15) is 0 Å². The summed E-state index contributed by atoms with van der Waals surface area (Å²) in [5.41, 5.74) is 2.52. The van der Waals surface area contributed by atoms with Gasteiger partial charge in [0.05, 0.1) is 0 Å². The highest BCUT2D eigenvalue weighted by Gasteiger charge is 2.44. The standard InChI is InChI=1S/C20H26N6OS/c1-20(2)11-26(14-8-5-4-7-13(14)20)16-15-18(24-12-23-16)28-19(25-15)17(27)22-10-6-9-21-3/h4-5,7-8,12,15,18,21H,6,9-11H2,1-3H3,(H,22,27). The number of carbonyl (C=O) groups excluding carboxylic acids is 1. The van der Waals surface area contributed by atoms with Gasteiger partial charge in [-0.1, -0.05) is 43.8 Å². The predicted octanol–water partition coefficient (Wildman–Crippen LogP) is 1.79. The molecule has 3 aliphatic heterocycles. The summed E-state index contributed by atoms with van der Waals surface area (Å²) in [6.45, 7) is 6.84. The van der Waals surface area contributed by atoms with E-state index in [1.165, 1.54) is 23.0 Å². The van der Waals surface area contributed by atoms with E-state index < -0.39 is 0 Å². The maximum atomic E-state index is 12.5. The summed E-state index contributed by atoms with van der Waals surface area (Å²) in [5, 5.41) is 6.40. The highest BCUT2D eigenvalue weighted by molar-refractivity contribution is 8.16. The summed E-state index contributed by atoms with van der Waals surface area (Å²) in [4.78, 5) is 28.5. The zero-order valence-electron chi connectivity index (χ0n) is 16.5. The Labute approximate surface area is 169 Å². The van der Waals surface area contributed by atoms with E-state index in [4.69, 9.17) is 4.99 Å². The Morgan fingerprint density at radius 3 is 2.96 bits per heavy atom. The molecule has 0 fully saturated rings. The highest BCUT2D eigenvalue weighted by atomic mass is 32.2. The molecule has 4 rings (SSSR count). The van der Waals surface area contributed by atoms with E-state index in [1.54, 1.807) is 6.34 Å². The molecule has 1 aromatic carbocycles. The van der Waals surface area contributed by atoms with Gasteiger partial charge in [0.1, 0.15) is 23.6 Å². The number of benzene rings is 1. The molecule has 3 aliphatic rings. The Kier molecular flexibility index (Phi) is 5.25. The minimum atomic E-state index is -0.227. The van der Waals surface area contributed by atoms with Crippen LogP contribution in [0.5, 0.6) is 0 Å². The number of anilines is 1. The molecule has 8 heteroatoms. The molecule has 1 aromatic rings. The quantitative estimate of drug-likeness (QED) is 0.741. The van der Waals surface area contributed by atoms with Crippen molar-refractivity contribution in [1.29, 1.82) is 0 Å². The van der Waals surface area contributed by atoms with Crippen molar-refractivity contribution in [3.63, 3.8) is 0 Å². The van der Waals surface area contributed by atoms with Crippen LogP contribution in [0.25, 0.3) is 0 Å². The summed E-state index contributed by atoms with van der Waals surface area (Å²) in [6, 6.07) is 8.22. The van der Waals surface area contributed by atoms with Crippen molar-refractivity contribution in [3.05, 3.63) is 29.8 Å². The van der Waals surface area contributed by atoms with E-state index in [9.17, 15) is 4.79 Å². The Bertz CT molecular complexity index is 862. The fourth-order valence-electron chi connectivity index (χ4n) is 3.87. The zero-order valence-corrected chi connectivity index (χ0v) is 17.3. The lowest BCUT2D eigenvalue weighted by Gasteiger charge is -2.28. The molecule has 0 saturated carbocycles. The van der Waals surface area contributed by atoms with Gasteiger partial charge in [0.2, 0.25) is 0 Å². The van der Waals surface area contributed by atoms with Crippen LogP contribution >= 0.6 is 11.8 Å². The summed E-state index contributed by atoms with van der Waals surface area (Å²) >= 11 is 1.43. The maximum Gasteiger partial charge on any atom is 0.276 e. The average Bonchev–Trinajstić information content (AvgIpc) is 3.24. The molecule has 0 saturated heterocycles. The molecule has 3 heterocycles. The summed E-state index contributed by atoms with van der Waals surface area (Å²) in [7, 11) is 1.90. The van der Waals surface area contributed by atoms with Gasteiger partial charge in [0.15, 0.2) is 5.04 Å². The van der Waals surface area contributed by atoms with E-state index in [1.807, 2.05) is 7.05 Å². The molecule has 0 spiro atoms. The van der Waals surface area contributed by atoms with E-state index in [2.05, 4.69) is 63.6 Å². The molecular formula is C20H26N6OS. The van der Waals surface area contributed by atoms with Crippen molar-refractivity contribution in [3.8, 4) is 0 Å². The number of thioether (sulfide) groups is 1. The molecular weight excluding hydrogens is 372 g/mol. The van der Waals surface area contributed by atoms with Gasteiger partial charge < -0.3 is 15.5 Å². The van der Waals surface area contributed by atoms with Crippen molar-refractivity contribution in [2.45, 2.75) is 37.1 Å². The van der Waals surface area contributed by atoms with Crippen LogP contribution in [0.1, 0.15) is 25.8 Å². The Morgan fingerprint density at radius 2 is 2.14 bits per heavy atom. The first-order chi connectivity index (χ1) is 13.5. The van der Waals surface area contributed by atoms with Crippen molar-refractivity contribution in [2.75, 3.05) is 31.6 Å². The third kappa shape index (κ3) is 3.46. The van der Waals surface area contributed by atoms with Gasteiger partial charge in [0, 0.05) is 24.2 Å². The average molecular weight is 399 g/mol. The van der Waals surface area contributed by atoms with Gasteiger partial charge in [-0.05, 0) is 31.6 Å². The van der Waals surface area contributed by atoms with Crippen LogP contribution in [-0.4, -0.2) is 61.2 Å². The minimum Gasteiger partial charge on any atom is -0.350 e. The number of hydrogen-bond acceptors (Lipinski definition) is 7. The molecule has 7 nitrogen and oxygen atoms in total. The number of aliphatic imine (C=N–C) groups is 3. The first kappa shape index (κ1) is 19.1. The number of rotatable bonds is 5. The van der Waals surface area contributed by atoms with E-state index in [-0.39, 0.29) is 22.7 Å². The highest BCUT2D eigenvalue weighted by Crippen LogP contribution is 2.42. The van der Waals surface area contributed by atoms with E-state index >= 15 is 0 Å². The second kappa shape index (κ2) is 7.67. The summed E-state index contributed by atoms with van der Waals surface area (Å²) in [5.74, 6) is 0.760. The molecule has 2 atom stereocenters. The fraction of sp³-hybridized carbons (Fsp3) is 0.500. The van der Waals surface area contributed by atoms with Gasteiger partial charge in [-0.15, -0.1) is 0 Å². The van der Waals surface area contributed by atoms with Gasteiger partial charge in [-0.3, -0.25) is 14.8 Å². The maximum absolute atomic E-state index is 12.5. The van der Waals surface area contributed by atoms with Crippen LogP contribution in [0.3, 0.4) is 0 Å². The lowest BCUT2D eigenvalue weighted by molar-refractivity contribution is -0.114. The molecule has 0 aromatic heterocycles. The lowest BCUT2D eigenvalue weighted by Crippen LogP contribution is -2.44. The van der Waals surface area contributed by atoms with Gasteiger partial charge in [0.25, 0.3) is 5.91 Å². The van der Waals surface area contributed by atoms with E-state index in [0.717, 1.165) is 25.3 Å². The zero-order chi connectivity index (χ0) is 19.7. The number of para-hydroxylation sites is 1. The van der Waals surface area contributed by atoms with Gasteiger partial charge in [-0.25, -0.2) is 4.99 Å². The fourth-order valence-corrected chi connectivity index (χ4v) is 4.88. The normalized spacial score (nSPS) is 24.5. The number of nitrogens with one attached hydrogen (secondary N) is 2. The Hall–Kier alpha value is -2.19. The number of hydrogen-bond donors (Lipinski definition) is 2. The SMILES string of the molecule is CNCCCNC(=O)C1=NC2C(N3CC(C)(C)c4ccccc43)=NC=NC2S1. The van der Waals surface area contributed by atoms with Crippen LogP contribution in [0.2, 0.25) is 0 Å². The summed E-state index contributed by atoms with van der Waals surface area (Å²) in [6.07, 6.45) is 2.50. The van der Waals surface area contributed by atoms with Crippen LogP contribution in [0, 0.1) is 0 Å². The Balaban J connectivity index is 1.54. The van der Waals surface area contributed by atoms with Crippen molar-refractivity contribution in [2.24, 2.45) is 15.0 Å². The molecule has 28 heavy (non-hydrogen) atoms. The third-order valence-electron chi connectivity index (χ3n) is 5.26.